The highest BCUT2D eigenvalue weighted by Crippen LogP contribution is 2.40. The van der Waals surface area contributed by atoms with Crippen LogP contribution in [0.5, 0.6) is 5.75 Å². The quantitative estimate of drug-likeness (QED) is 0.671. The van der Waals surface area contributed by atoms with Gasteiger partial charge in [-0.15, -0.1) is 0 Å². The maximum absolute atomic E-state index is 13.9. The van der Waals surface area contributed by atoms with Gasteiger partial charge < -0.3 is 4.74 Å². The summed E-state index contributed by atoms with van der Waals surface area (Å²) in [6, 6.07) is 14.2. The molecule has 1 N–H and O–H groups in total. The summed E-state index contributed by atoms with van der Waals surface area (Å²) in [5, 5.41) is 2.82. The second kappa shape index (κ2) is 8.55. The number of likely N-dealkylation sites (tertiary alicyclic amines) is 1. The Labute approximate surface area is 188 Å². The van der Waals surface area contributed by atoms with Crippen molar-refractivity contribution in [2.24, 2.45) is 0 Å². The summed E-state index contributed by atoms with van der Waals surface area (Å²) in [4.78, 5) is 17.3. The molecule has 7 heteroatoms. The first-order valence-electron chi connectivity index (χ1n) is 10.7. The van der Waals surface area contributed by atoms with Crippen LogP contribution in [-0.4, -0.2) is 40.1 Å². The summed E-state index contributed by atoms with van der Waals surface area (Å²) in [7, 11) is 0. The average Bonchev–Trinajstić information content (AvgIpc) is 2.93. The molecule has 2 aromatic rings. The standard InChI is InChI=1S/C24H28FN3O2S/c1-16(2)30-21-9-4-6-18(12-21)15-27-11-10-24(14-17(27)3)22(31)26-23(29)28(24)20-8-5-7-19(25)13-20/h4-9,12-13,16-17H,10-11,14-15H2,1-3H3,(H,26,29,31). The highest BCUT2D eigenvalue weighted by atomic mass is 32.1. The topological polar surface area (TPSA) is 44.8 Å². The highest BCUT2D eigenvalue weighted by Gasteiger charge is 2.53. The van der Waals surface area contributed by atoms with Crippen molar-refractivity contribution in [3.05, 3.63) is 59.9 Å². The van der Waals surface area contributed by atoms with Crippen LogP contribution in [0.15, 0.2) is 48.5 Å². The predicted molar refractivity (Wildman–Crippen MR) is 124 cm³/mol. The number of urea groups is 1. The number of anilines is 1. The number of carbonyl (C=O) groups excluding carboxylic acids is 1. The molecule has 2 atom stereocenters. The van der Waals surface area contributed by atoms with E-state index >= 15 is 0 Å². The lowest BCUT2D eigenvalue weighted by Gasteiger charge is -2.46. The van der Waals surface area contributed by atoms with Gasteiger partial charge in [-0.1, -0.05) is 30.4 Å². The van der Waals surface area contributed by atoms with E-state index in [1.165, 1.54) is 17.7 Å². The lowest BCUT2D eigenvalue weighted by molar-refractivity contribution is 0.124. The molecule has 0 bridgehead atoms. The average molecular weight is 442 g/mol. The molecule has 2 aliphatic heterocycles. The fraction of sp³-hybridized carbons (Fsp3) is 0.417. The third-order valence-corrected chi connectivity index (χ3v) is 6.55. The van der Waals surface area contributed by atoms with Gasteiger partial charge in [-0.25, -0.2) is 9.18 Å². The van der Waals surface area contributed by atoms with Crippen LogP contribution >= 0.6 is 12.2 Å². The molecule has 2 aromatic carbocycles. The van der Waals surface area contributed by atoms with E-state index in [1.807, 2.05) is 26.0 Å². The summed E-state index contributed by atoms with van der Waals surface area (Å²) in [6.45, 7) is 7.76. The first kappa shape index (κ1) is 21.7. The van der Waals surface area contributed by atoms with Crippen LogP contribution in [-0.2, 0) is 6.54 Å². The molecule has 2 saturated heterocycles. The molecule has 31 heavy (non-hydrogen) atoms. The van der Waals surface area contributed by atoms with Gasteiger partial charge in [0.2, 0.25) is 0 Å². The number of nitrogens with one attached hydrogen (secondary N) is 1. The van der Waals surface area contributed by atoms with Gasteiger partial charge in [-0.2, -0.15) is 0 Å². The minimum absolute atomic E-state index is 0.131. The Bertz CT molecular complexity index is 998. The first-order chi connectivity index (χ1) is 14.8. The molecule has 2 unspecified atom stereocenters. The summed E-state index contributed by atoms with van der Waals surface area (Å²) in [5.74, 6) is 0.505. The second-order valence-electron chi connectivity index (χ2n) is 8.69. The van der Waals surface area contributed by atoms with Gasteiger partial charge in [-0.05, 0) is 69.5 Å². The zero-order valence-electron chi connectivity index (χ0n) is 18.1. The molecule has 2 heterocycles. The van der Waals surface area contributed by atoms with Gasteiger partial charge in [0.25, 0.3) is 0 Å². The van der Waals surface area contributed by atoms with E-state index in [0.717, 1.165) is 18.8 Å². The number of carbonyl (C=O) groups is 1. The Morgan fingerprint density at radius 2 is 2.03 bits per heavy atom. The maximum Gasteiger partial charge on any atom is 0.327 e. The number of rotatable bonds is 5. The van der Waals surface area contributed by atoms with Crippen molar-refractivity contribution in [3.8, 4) is 5.75 Å². The van der Waals surface area contributed by atoms with Gasteiger partial charge in [0.05, 0.1) is 6.10 Å². The minimum Gasteiger partial charge on any atom is -0.491 e. The number of halogens is 1. The molecule has 0 saturated carbocycles. The third kappa shape index (κ3) is 4.29. The minimum atomic E-state index is -0.626. The zero-order chi connectivity index (χ0) is 22.2. The number of benzene rings is 2. The van der Waals surface area contributed by atoms with Crippen LogP contribution in [0.4, 0.5) is 14.9 Å². The van der Waals surface area contributed by atoms with Gasteiger partial charge in [0.1, 0.15) is 22.1 Å². The number of hydrogen-bond donors (Lipinski definition) is 1. The molecule has 0 aliphatic carbocycles. The van der Waals surface area contributed by atoms with E-state index in [4.69, 9.17) is 17.0 Å². The van der Waals surface area contributed by atoms with E-state index in [9.17, 15) is 9.18 Å². The number of amides is 2. The lowest BCUT2D eigenvalue weighted by Crippen LogP contribution is -2.58. The molecular weight excluding hydrogens is 413 g/mol. The molecule has 4 rings (SSSR count). The molecular formula is C24H28FN3O2S. The number of piperidine rings is 1. The summed E-state index contributed by atoms with van der Waals surface area (Å²) in [6.07, 6.45) is 1.50. The summed E-state index contributed by atoms with van der Waals surface area (Å²) >= 11 is 5.61. The number of nitrogens with zero attached hydrogens (tertiary/aromatic N) is 2. The van der Waals surface area contributed by atoms with Crippen molar-refractivity contribution >= 4 is 28.9 Å². The molecule has 2 fully saturated rings. The van der Waals surface area contributed by atoms with Crippen molar-refractivity contribution in [1.82, 2.24) is 10.2 Å². The highest BCUT2D eigenvalue weighted by molar-refractivity contribution is 7.80. The van der Waals surface area contributed by atoms with E-state index in [0.29, 0.717) is 23.5 Å². The fourth-order valence-electron chi connectivity index (χ4n) is 4.68. The third-order valence-electron chi connectivity index (χ3n) is 6.07. The van der Waals surface area contributed by atoms with E-state index in [2.05, 4.69) is 29.3 Å². The largest absolute Gasteiger partial charge is 0.491 e. The Morgan fingerprint density at radius 1 is 1.26 bits per heavy atom. The molecule has 2 aliphatic rings. The van der Waals surface area contributed by atoms with Gasteiger partial charge in [-0.3, -0.25) is 15.1 Å². The van der Waals surface area contributed by atoms with Crippen molar-refractivity contribution in [3.63, 3.8) is 0 Å². The molecule has 0 radical (unpaired) electrons. The van der Waals surface area contributed by atoms with Crippen LogP contribution in [0.3, 0.4) is 0 Å². The van der Waals surface area contributed by atoms with Crippen LogP contribution in [0.25, 0.3) is 0 Å². The van der Waals surface area contributed by atoms with Gasteiger partial charge >= 0.3 is 6.03 Å². The molecule has 5 nitrogen and oxygen atoms in total. The lowest BCUT2D eigenvalue weighted by atomic mass is 9.82. The number of ether oxygens (including phenoxy) is 1. The smallest absolute Gasteiger partial charge is 0.327 e. The SMILES string of the molecule is CC(C)Oc1cccc(CN2CCC3(CC2C)C(=S)NC(=O)N3c2cccc(F)c2)c1. The van der Waals surface area contributed by atoms with E-state index in [1.54, 1.807) is 17.0 Å². The Balaban J connectivity index is 1.53. The number of hydrogen-bond acceptors (Lipinski definition) is 4. The van der Waals surface area contributed by atoms with Gasteiger partial charge in [0, 0.05) is 24.8 Å². The second-order valence-corrected chi connectivity index (χ2v) is 9.10. The fourth-order valence-corrected chi connectivity index (χ4v) is 5.05. The normalized spacial score (nSPS) is 24.2. The Hall–Kier alpha value is -2.51. The molecule has 0 aromatic heterocycles. The van der Waals surface area contributed by atoms with Crippen LogP contribution in [0.1, 0.15) is 39.2 Å². The van der Waals surface area contributed by atoms with Crippen LogP contribution in [0.2, 0.25) is 0 Å². The number of thiocarbonyl (C=S) groups is 1. The zero-order valence-corrected chi connectivity index (χ0v) is 18.9. The van der Waals surface area contributed by atoms with Crippen LogP contribution < -0.4 is 15.0 Å². The van der Waals surface area contributed by atoms with E-state index < -0.39 is 5.54 Å². The molecule has 2 amide bonds. The Kier molecular flexibility index (Phi) is 5.99. The van der Waals surface area contributed by atoms with Crippen molar-refractivity contribution in [2.45, 2.75) is 57.8 Å². The van der Waals surface area contributed by atoms with Gasteiger partial charge in [0.15, 0.2) is 0 Å². The molecule has 164 valence electrons. The monoisotopic (exact) mass is 441 g/mol. The summed E-state index contributed by atoms with van der Waals surface area (Å²) in [5.41, 5.74) is 1.10. The predicted octanol–water partition coefficient (Wildman–Crippen LogP) is 4.89. The molecule has 1 spiro atoms. The van der Waals surface area contributed by atoms with Crippen molar-refractivity contribution in [1.29, 1.82) is 0 Å². The maximum atomic E-state index is 13.9. The van der Waals surface area contributed by atoms with E-state index in [-0.39, 0.29) is 24.0 Å². The van der Waals surface area contributed by atoms with Crippen LogP contribution in [0, 0.1) is 5.82 Å². The Morgan fingerprint density at radius 3 is 2.74 bits per heavy atom. The first-order valence-corrected chi connectivity index (χ1v) is 11.1. The van der Waals surface area contributed by atoms with Crippen molar-refractivity contribution in [2.75, 3.05) is 11.4 Å². The van der Waals surface area contributed by atoms with Crippen molar-refractivity contribution < 1.29 is 13.9 Å². The summed E-state index contributed by atoms with van der Waals surface area (Å²) < 4.78 is 19.7.